The molecule has 106 valence electrons. The minimum absolute atomic E-state index is 0.436. The zero-order chi connectivity index (χ0) is 13.7. The quantitative estimate of drug-likeness (QED) is 0.847. The van der Waals surface area contributed by atoms with E-state index in [1.165, 1.54) is 12.1 Å². The Bertz CT molecular complexity index is 366. The maximum absolute atomic E-state index is 3.50. The van der Waals surface area contributed by atoms with Gasteiger partial charge in [0.05, 0.1) is 0 Å². The lowest BCUT2D eigenvalue weighted by Crippen LogP contribution is -2.50. The summed E-state index contributed by atoms with van der Waals surface area (Å²) in [6.07, 6.45) is 0. The molecule has 1 fully saturated rings. The Morgan fingerprint density at radius 3 is 2.74 bits per heavy atom. The van der Waals surface area contributed by atoms with Crippen LogP contribution >= 0.6 is 0 Å². The third kappa shape index (κ3) is 4.03. The fraction of sp³-hybridized carbons (Fsp3) is 0.625. The summed E-state index contributed by atoms with van der Waals surface area (Å²) >= 11 is 0. The zero-order valence-electron chi connectivity index (χ0n) is 12.4. The van der Waals surface area contributed by atoms with Crippen LogP contribution in [0.25, 0.3) is 0 Å². The zero-order valence-corrected chi connectivity index (χ0v) is 12.4. The molecule has 1 heterocycles. The molecule has 1 aromatic rings. The van der Waals surface area contributed by atoms with E-state index in [2.05, 4.69) is 66.8 Å². The van der Waals surface area contributed by atoms with E-state index in [0.29, 0.717) is 18.0 Å². The number of hydrogen-bond acceptors (Lipinski definition) is 3. The van der Waals surface area contributed by atoms with E-state index in [1.54, 1.807) is 0 Å². The number of rotatable bonds is 5. The highest BCUT2D eigenvalue weighted by Crippen LogP contribution is 2.22. The average Bonchev–Trinajstić information content (AvgIpc) is 2.41. The van der Waals surface area contributed by atoms with Gasteiger partial charge in [-0.15, -0.1) is 0 Å². The summed E-state index contributed by atoms with van der Waals surface area (Å²) in [5.74, 6) is 0.609. The molecule has 3 nitrogen and oxygen atoms in total. The summed E-state index contributed by atoms with van der Waals surface area (Å²) in [5, 5.41) is 6.98. The van der Waals surface area contributed by atoms with Crippen molar-refractivity contribution in [1.29, 1.82) is 0 Å². The summed E-state index contributed by atoms with van der Waals surface area (Å²) in [7, 11) is 2.06. The fourth-order valence-corrected chi connectivity index (χ4v) is 3.13. The summed E-state index contributed by atoms with van der Waals surface area (Å²) in [6.45, 7) is 9.22. The van der Waals surface area contributed by atoms with Crippen molar-refractivity contribution in [2.45, 2.75) is 25.9 Å². The highest BCUT2D eigenvalue weighted by Gasteiger charge is 2.22. The van der Waals surface area contributed by atoms with Crippen molar-refractivity contribution in [3.63, 3.8) is 0 Å². The molecule has 19 heavy (non-hydrogen) atoms. The first-order chi connectivity index (χ1) is 9.20. The lowest BCUT2D eigenvalue weighted by Gasteiger charge is -2.35. The molecule has 1 aromatic carbocycles. The van der Waals surface area contributed by atoms with Gasteiger partial charge in [0.2, 0.25) is 0 Å². The molecule has 3 heteroatoms. The Kier molecular flexibility index (Phi) is 5.37. The van der Waals surface area contributed by atoms with Crippen LogP contribution in [0.15, 0.2) is 30.3 Å². The topological polar surface area (TPSA) is 27.3 Å². The van der Waals surface area contributed by atoms with Crippen LogP contribution in [0.1, 0.15) is 25.5 Å². The van der Waals surface area contributed by atoms with Crippen molar-refractivity contribution in [3.05, 3.63) is 35.9 Å². The van der Waals surface area contributed by atoms with Crippen LogP contribution in [0.5, 0.6) is 0 Å². The Balaban J connectivity index is 1.95. The maximum atomic E-state index is 3.50. The van der Waals surface area contributed by atoms with Crippen LogP contribution in [0.4, 0.5) is 0 Å². The molecule has 0 saturated carbocycles. The van der Waals surface area contributed by atoms with Crippen molar-refractivity contribution >= 4 is 0 Å². The van der Waals surface area contributed by atoms with Crippen molar-refractivity contribution in [2.24, 2.45) is 5.92 Å². The lowest BCUT2D eigenvalue weighted by molar-refractivity contribution is 0.169. The molecule has 1 aliphatic rings. The number of hydrogen-bond donors (Lipinski definition) is 2. The van der Waals surface area contributed by atoms with Gasteiger partial charge in [0.15, 0.2) is 0 Å². The normalized spacial score (nSPS) is 24.1. The molecule has 0 aromatic heterocycles. The highest BCUT2D eigenvalue weighted by atomic mass is 15.2. The van der Waals surface area contributed by atoms with Crippen molar-refractivity contribution in [1.82, 2.24) is 15.5 Å². The molecule has 0 bridgehead atoms. The smallest absolute Gasteiger partial charge is 0.0355 e. The number of piperazine rings is 1. The number of nitrogens with zero attached hydrogens (tertiary/aromatic N) is 1. The Morgan fingerprint density at radius 2 is 2.11 bits per heavy atom. The molecule has 2 rings (SSSR count). The van der Waals surface area contributed by atoms with Crippen LogP contribution in [-0.2, 0) is 0 Å². The molecule has 0 radical (unpaired) electrons. The van der Waals surface area contributed by atoms with Gasteiger partial charge in [0.25, 0.3) is 0 Å². The first-order valence-electron chi connectivity index (χ1n) is 7.38. The van der Waals surface area contributed by atoms with Gasteiger partial charge in [-0.3, -0.25) is 0 Å². The van der Waals surface area contributed by atoms with E-state index < -0.39 is 0 Å². The first-order valence-corrected chi connectivity index (χ1v) is 7.38. The van der Waals surface area contributed by atoms with Gasteiger partial charge in [-0.1, -0.05) is 37.3 Å². The second kappa shape index (κ2) is 7.04. The number of nitrogens with one attached hydrogen (secondary N) is 2. The molecule has 2 unspecified atom stereocenters. The van der Waals surface area contributed by atoms with E-state index in [1.807, 2.05) is 0 Å². The minimum Gasteiger partial charge on any atom is -0.313 e. The lowest BCUT2D eigenvalue weighted by atomic mass is 9.94. The predicted molar refractivity (Wildman–Crippen MR) is 81.3 cm³/mol. The Hall–Kier alpha value is -0.900. The third-order valence-corrected chi connectivity index (χ3v) is 4.04. The van der Waals surface area contributed by atoms with E-state index in [0.717, 1.165) is 19.6 Å². The second-order valence-electron chi connectivity index (χ2n) is 5.77. The van der Waals surface area contributed by atoms with Crippen molar-refractivity contribution in [3.8, 4) is 0 Å². The maximum Gasteiger partial charge on any atom is 0.0355 e. The first kappa shape index (κ1) is 14.5. The molecule has 0 spiro atoms. The van der Waals surface area contributed by atoms with E-state index >= 15 is 0 Å². The van der Waals surface area contributed by atoms with E-state index in [9.17, 15) is 0 Å². The molecule has 1 saturated heterocycles. The summed E-state index contributed by atoms with van der Waals surface area (Å²) in [6, 6.07) is 11.8. The fourth-order valence-electron chi connectivity index (χ4n) is 3.13. The monoisotopic (exact) mass is 261 g/mol. The van der Waals surface area contributed by atoms with Crippen molar-refractivity contribution in [2.75, 3.05) is 33.2 Å². The van der Waals surface area contributed by atoms with Gasteiger partial charge < -0.3 is 15.5 Å². The largest absolute Gasteiger partial charge is 0.313 e. The molecule has 1 aliphatic heterocycles. The molecular formula is C16H27N3. The standard InChI is InChI=1S/C16H27N3/c1-13(11-19-10-9-18-14(2)12-19)16(17-3)15-7-5-4-6-8-15/h4-8,13-14,16-18H,9-12H2,1-3H3/t13-,14?,16?/m0/s1. The van der Waals surface area contributed by atoms with Crippen LogP contribution in [-0.4, -0.2) is 44.2 Å². The molecule has 0 amide bonds. The molecule has 3 atom stereocenters. The van der Waals surface area contributed by atoms with Gasteiger partial charge in [0.1, 0.15) is 0 Å². The van der Waals surface area contributed by atoms with Crippen LogP contribution in [0.3, 0.4) is 0 Å². The summed E-state index contributed by atoms with van der Waals surface area (Å²) in [5.41, 5.74) is 1.39. The van der Waals surface area contributed by atoms with E-state index in [-0.39, 0.29) is 0 Å². The van der Waals surface area contributed by atoms with Gasteiger partial charge in [0, 0.05) is 38.3 Å². The van der Waals surface area contributed by atoms with Crippen LogP contribution in [0.2, 0.25) is 0 Å². The van der Waals surface area contributed by atoms with Gasteiger partial charge in [-0.25, -0.2) is 0 Å². The average molecular weight is 261 g/mol. The van der Waals surface area contributed by atoms with Crippen molar-refractivity contribution < 1.29 is 0 Å². The third-order valence-electron chi connectivity index (χ3n) is 4.04. The molecule has 0 aliphatic carbocycles. The van der Waals surface area contributed by atoms with E-state index in [4.69, 9.17) is 0 Å². The van der Waals surface area contributed by atoms with Gasteiger partial charge in [-0.2, -0.15) is 0 Å². The number of benzene rings is 1. The summed E-state index contributed by atoms with van der Waals surface area (Å²) < 4.78 is 0. The molecule has 2 N–H and O–H groups in total. The van der Waals surface area contributed by atoms with Crippen LogP contribution in [0, 0.1) is 5.92 Å². The summed E-state index contributed by atoms with van der Waals surface area (Å²) in [4.78, 5) is 2.58. The SMILES string of the molecule is CNC(c1ccccc1)[C@@H](C)CN1CCNC(C)C1. The Morgan fingerprint density at radius 1 is 1.37 bits per heavy atom. The van der Waals surface area contributed by atoms with Gasteiger partial charge in [-0.05, 0) is 25.5 Å². The molecular weight excluding hydrogens is 234 g/mol. The Labute approximate surface area is 117 Å². The second-order valence-corrected chi connectivity index (χ2v) is 5.77. The van der Waals surface area contributed by atoms with Gasteiger partial charge >= 0.3 is 0 Å². The predicted octanol–water partition coefficient (Wildman–Crippen LogP) is 1.88. The minimum atomic E-state index is 0.436. The van der Waals surface area contributed by atoms with Crippen LogP contribution < -0.4 is 10.6 Å². The highest BCUT2D eigenvalue weighted by molar-refractivity contribution is 5.19.